The zero-order chi connectivity index (χ0) is 14.0. The summed E-state index contributed by atoms with van der Waals surface area (Å²) in [5, 5.41) is 1.18. The van der Waals surface area contributed by atoms with Crippen molar-refractivity contribution in [2.24, 2.45) is 0 Å². The average molecular weight is 381 g/mol. The van der Waals surface area contributed by atoms with Crippen LogP contribution in [0.3, 0.4) is 0 Å². The van der Waals surface area contributed by atoms with Crippen molar-refractivity contribution in [1.82, 2.24) is 0 Å². The van der Waals surface area contributed by atoms with E-state index in [4.69, 9.17) is 45.3 Å². The lowest BCUT2D eigenvalue weighted by Gasteiger charge is -2.12. The van der Waals surface area contributed by atoms with Crippen molar-refractivity contribution in [2.75, 3.05) is 5.73 Å². The third-order valence-corrected chi connectivity index (χ3v) is 4.26. The summed E-state index contributed by atoms with van der Waals surface area (Å²) in [5.74, 6) is 0.464. The topological polar surface area (TPSA) is 35.2 Å². The van der Waals surface area contributed by atoms with Crippen molar-refractivity contribution in [1.29, 1.82) is 0 Å². The predicted octanol–water partition coefficient (Wildman–Crippen LogP) is 5.57. The quantitative estimate of drug-likeness (QED) is 0.557. The molecule has 0 amide bonds. The first-order valence-corrected chi connectivity index (χ1v) is 7.22. The van der Waals surface area contributed by atoms with Gasteiger partial charge in [-0.2, -0.15) is 0 Å². The molecule has 6 heteroatoms. The van der Waals surface area contributed by atoms with Gasteiger partial charge in [-0.1, -0.05) is 56.8 Å². The highest BCUT2D eigenvalue weighted by atomic mass is 79.9. The molecule has 0 unspecified atom stereocenters. The van der Waals surface area contributed by atoms with E-state index in [9.17, 15) is 0 Å². The number of hydrogen-bond acceptors (Lipinski definition) is 2. The Hall–Kier alpha value is -0.610. The van der Waals surface area contributed by atoms with Crippen molar-refractivity contribution in [3.63, 3.8) is 0 Å². The third kappa shape index (κ3) is 3.48. The molecular weight excluding hydrogens is 372 g/mol. The van der Waals surface area contributed by atoms with Gasteiger partial charge in [0.15, 0.2) is 0 Å². The van der Waals surface area contributed by atoms with Gasteiger partial charge in [0, 0.05) is 21.8 Å². The summed E-state index contributed by atoms with van der Waals surface area (Å²) >= 11 is 21.2. The molecule has 2 nitrogen and oxygen atoms in total. The van der Waals surface area contributed by atoms with Crippen LogP contribution in [-0.4, -0.2) is 0 Å². The highest BCUT2D eigenvalue weighted by Crippen LogP contribution is 2.35. The Labute approximate surface area is 134 Å². The molecule has 0 saturated heterocycles. The fourth-order valence-electron chi connectivity index (χ4n) is 1.49. The molecular formula is C13H9BrCl3NO. The Morgan fingerprint density at radius 1 is 1.05 bits per heavy atom. The van der Waals surface area contributed by atoms with Crippen LogP contribution in [0.25, 0.3) is 0 Å². The van der Waals surface area contributed by atoms with Crippen molar-refractivity contribution in [3.05, 3.63) is 55.4 Å². The minimum Gasteiger partial charge on any atom is -0.487 e. The van der Waals surface area contributed by atoms with E-state index < -0.39 is 0 Å². The lowest BCUT2D eigenvalue weighted by molar-refractivity contribution is 0.306. The molecule has 0 fully saturated rings. The molecule has 2 rings (SSSR count). The van der Waals surface area contributed by atoms with E-state index in [1.165, 1.54) is 0 Å². The number of halogens is 4. The van der Waals surface area contributed by atoms with Crippen LogP contribution in [-0.2, 0) is 6.61 Å². The molecule has 0 aromatic heterocycles. The number of rotatable bonds is 3. The number of nitrogens with two attached hydrogens (primary N) is 1. The van der Waals surface area contributed by atoms with E-state index in [0.717, 1.165) is 10.0 Å². The van der Waals surface area contributed by atoms with Crippen molar-refractivity contribution < 1.29 is 4.74 Å². The zero-order valence-electron chi connectivity index (χ0n) is 9.59. The van der Waals surface area contributed by atoms with E-state index in [0.29, 0.717) is 26.5 Å². The van der Waals surface area contributed by atoms with E-state index in [1.54, 1.807) is 18.2 Å². The summed E-state index contributed by atoms with van der Waals surface area (Å²) in [6.45, 7) is 0.283. The Bertz CT molecular complexity index is 599. The molecule has 2 aromatic carbocycles. The molecule has 0 aliphatic carbocycles. The monoisotopic (exact) mass is 379 g/mol. The number of ether oxygens (including phenoxy) is 1. The van der Waals surface area contributed by atoms with Gasteiger partial charge in [-0.25, -0.2) is 0 Å². The third-order valence-electron chi connectivity index (χ3n) is 2.50. The largest absolute Gasteiger partial charge is 0.487 e. The lowest BCUT2D eigenvalue weighted by Crippen LogP contribution is -2.01. The van der Waals surface area contributed by atoms with Crippen molar-refractivity contribution in [3.8, 4) is 5.75 Å². The van der Waals surface area contributed by atoms with Crippen molar-refractivity contribution >= 4 is 56.4 Å². The average Bonchev–Trinajstić information content (AvgIpc) is 2.34. The van der Waals surface area contributed by atoms with Gasteiger partial charge in [-0.3, -0.25) is 0 Å². The highest BCUT2D eigenvalue weighted by molar-refractivity contribution is 9.10. The number of benzene rings is 2. The van der Waals surface area contributed by atoms with Crippen LogP contribution >= 0.6 is 50.7 Å². The lowest BCUT2D eigenvalue weighted by atomic mass is 10.2. The maximum absolute atomic E-state index is 6.04. The summed E-state index contributed by atoms with van der Waals surface area (Å²) in [6, 6.07) is 8.68. The van der Waals surface area contributed by atoms with Crippen LogP contribution < -0.4 is 10.5 Å². The molecule has 19 heavy (non-hydrogen) atoms. The molecule has 100 valence electrons. The number of anilines is 1. The zero-order valence-corrected chi connectivity index (χ0v) is 13.4. The van der Waals surface area contributed by atoms with Gasteiger partial charge >= 0.3 is 0 Å². The SMILES string of the molecule is Nc1cccc(Br)c1COc1cc(Cl)c(Cl)cc1Cl. The second kappa shape index (κ2) is 6.23. The van der Waals surface area contributed by atoms with Crippen LogP contribution in [0.2, 0.25) is 15.1 Å². The van der Waals surface area contributed by atoms with Gasteiger partial charge < -0.3 is 10.5 Å². The number of nitrogen functional groups attached to an aromatic ring is 1. The summed E-state index contributed by atoms with van der Waals surface area (Å²) in [7, 11) is 0. The number of hydrogen-bond donors (Lipinski definition) is 1. The van der Waals surface area contributed by atoms with E-state index in [2.05, 4.69) is 15.9 Å². The molecule has 0 atom stereocenters. The first kappa shape index (κ1) is 14.8. The Balaban J connectivity index is 2.22. The second-order valence-corrected chi connectivity index (χ2v) is 5.87. The second-order valence-electron chi connectivity index (χ2n) is 3.79. The van der Waals surface area contributed by atoms with Gasteiger partial charge in [0.25, 0.3) is 0 Å². The molecule has 0 spiro atoms. The van der Waals surface area contributed by atoms with E-state index in [1.807, 2.05) is 12.1 Å². The minimum absolute atomic E-state index is 0.283. The molecule has 0 saturated carbocycles. The summed E-state index contributed by atoms with van der Waals surface area (Å²) < 4.78 is 6.51. The molecule has 0 aliphatic rings. The van der Waals surface area contributed by atoms with Gasteiger partial charge in [-0.15, -0.1) is 0 Å². The fourth-order valence-corrected chi connectivity index (χ4v) is 2.58. The molecule has 0 radical (unpaired) electrons. The van der Waals surface area contributed by atoms with E-state index in [-0.39, 0.29) is 6.61 Å². The Kier molecular flexibility index (Phi) is 4.85. The molecule has 2 aromatic rings. The molecule has 2 N–H and O–H groups in total. The maximum Gasteiger partial charge on any atom is 0.139 e. The normalized spacial score (nSPS) is 10.5. The molecule has 0 bridgehead atoms. The van der Waals surface area contributed by atoms with Gasteiger partial charge in [-0.05, 0) is 18.2 Å². The van der Waals surface area contributed by atoms with Crippen LogP contribution in [0.5, 0.6) is 5.75 Å². The van der Waals surface area contributed by atoms with E-state index >= 15 is 0 Å². The first-order chi connectivity index (χ1) is 8.99. The van der Waals surface area contributed by atoms with Crippen LogP contribution in [0.15, 0.2) is 34.8 Å². The van der Waals surface area contributed by atoms with Gasteiger partial charge in [0.2, 0.25) is 0 Å². The van der Waals surface area contributed by atoms with Crippen LogP contribution in [0, 0.1) is 0 Å². The predicted molar refractivity (Wildman–Crippen MR) is 84.4 cm³/mol. The highest BCUT2D eigenvalue weighted by Gasteiger charge is 2.10. The Morgan fingerprint density at radius 3 is 2.42 bits per heavy atom. The summed E-state index contributed by atoms with van der Waals surface area (Å²) in [5.41, 5.74) is 7.38. The molecule has 0 heterocycles. The minimum atomic E-state index is 0.283. The molecule has 0 aliphatic heterocycles. The smallest absolute Gasteiger partial charge is 0.139 e. The first-order valence-electron chi connectivity index (χ1n) is 5.29. The van der Waals surface area contributed by atoms with Crippen molar-refractivity contribution in [2.45, 2.75) is 6.61 Å². The fraction of sp³-hybridized carbons (Fsp3) is 0.0769. The Morgan fingerprint density at radius 2 is 1.74 bits per heavy atom. The standard InChI is InChI=1S/C13H9BrCl3NO/c14-8-2-1-3-12(18)7(8)6-19-13-5-10(16)9(15)4-11(13)17/h1-5H,6,18H2. The maximum atomic E-state index is 6.04. The summed E-state index contributed by atoms with van der Waals surface area (Å²) in [6.07, 6.45) is 0. The summed E-state index contributed by atoms with van der Waals surface area (Å²) in [4.78, 5) is 0. The van der Waals surface area contributed by atoms with Gasteiger partial charge in [0.1, 0.15) is 12.4 Å². The van der Waals surface area contributed by atoms with Crippen LogP contribution in [0.1, 0.15) is 5.56 Å². The van der Waals surface area contributed by atoms with Gasteiger partial charge in [0.05, 0.1) is 15.1 Å². The van der Waals surface area contributed by atoms with Crippen LogP contribution in [0.4, 0.5) is 5.69 Å².